The van der Waals surface area contributed by atoms with Gasteiger partial charge in [-0.15, -0.1) is 0 Å². The molecule has 0 aromatic heterocycles. The molecule has 164 valence electrons. The van der Waals surface area contributed by atoms with Crippen LogP contribution in [0.2, 0.25) is 5.02 Å². The van der Waals surface area contributed by atoms with Crippen LogP contribution in [0.25, 0.3) is 0 Å². The zero-order valence-electron chi connectivity index (χ0n) is 16.5. The average Bonchev–Trinajstić information content (AvgIpc) is 2.79. The van der Waals surface area contributed by atoms with Crippen LogP contribution in [0.5, 0.6) is 0 Å². The van der Waals surface area contributed by atoms with Gasteiger partial charge in [-0.25, -0.2) is 13.8 Å². The molecule has 0 atom stereocenters. The van der Waals surface area contributed by atoms with Crippen molar-refractivity contribution in [3.05, 3.63) is 99.6 Å². The van der Waals surface area contributed by atoms with Crippen LogP contribution in [0.1, 0.15) is 5.56 Å². The summed E-state index contributed by atoms with van der Waals surface area (Å²) in [6.07, 6.45) is 1.34. The predicted molar refractivity (Wildman–Crippen MR) is 121 cm³/mol. The highest BCUT2D eigenvalue weighted by Gasteiger charge is 2.27. The molecular weight excluding hydrogens is 456 g/mol. The van der Waals surface area contributed by atoms with Crippen molar-refractivity contribution in [3.8, 4) is 0 Å². The number of hydrogen-bond acceptors (Lipinski definition) is 6. The highest BCUT2D eigenvalue weighted by Crippen LogP contribution is 2.25. The molecule has 0 aliphatic carbocycles. The molecule has 0 aliphatic heterocycles. The second-order valence-electron chi connectivity index (χ2n) is 6.41. The summed E-state index contributed by atoms with van der Waals surface area (Å²) < 4.78 is 27.2. The van der Waals surface area contributed by atoms with Crippen molar-refractivity contribution in [1.29, 1.82) is 0 Å². The molecule has 3 rings (SSSR count). The Labute approximate surface area is 189 Å². The van der Waals surface area contributed by atoms with Gasteiger partial charge in [0.15, 0.2) is 0 Å². The lowest BCUT2D eigenvalue weighted by Crippen LogP contribution is -2.39. The smallest absolute Gasteiger partial charge is 0.269 e. The highest BCUT2D eigenvalue weighted by molar-refractivity contribution is 7.92. The first-order valence-electron chi connectivity index (χ1n) is 9.18. The second-order valence-corrected chi connectivity index (χ2v) is 8.68. The predicted octanol–water partition coefficient (Wildman–Crippen LogP) is 3.59. The molecule has 0 bridgehead atoms. The third-order valence-corrected chi connectivity index (χ3v) is 6.40. The van der Waals surface area contributed by atoms with Gasteiger partial charge in [-0.1, -0.05) is 48.0 Å². The molecule has 0 saturated carbocycles. The Bertz CT molecular complexity index is 1250. The molecule has 1 N–H and O–H groups in total. The number of nitro groups is 1. The van der Waals surface area contributed by atoms with E-state index in [4.69, 9.17) is 11.6 Å². The summed E-state index contributed by atoms with van der Waals surface area (Å²) in [6.45, 7) is -0.602. The Kier molecular flexibility index (Phi) is 7.18. The zero-order chi connectivity index (χ0) is 23.1. The van der Waals surface area contributed by atoms with Gasteiger partial charge in [0.1, 0.15) is 6.54 Å². The summed E-state index contributed by atoms with van der Waals surface area (Å²) >= 11 is 6.03. The van der Waals surface area contributed by atoms with Gasteiger partial charge in [-0.2, -0.15) is 5.10 Å². The van der Waals surface area contributed by atoms with Crippen molar-refractivity contribution >= 4 is 45.1 Å². The fraction of sp³-hybridized carbons (Fsp3) is 0.0476. The van der Waals surface area contributed by atoms with E-state index in [9.17, 15) is 23.3 Å². The van der Waals surface area contributed by atoms with Crippen molar-refractivity contribution in [3.63, 3.8) is 0 Å². The zero-order valence-corrected chi connectivity index (χ0v) is 18.0. The molecule has 0 unspecified atom stereocenters. The minimum Gasteiger partial charge on any atom is -0.271 e. The van der Waals surface area contributed by atoms with Crippen LogP contribution in [-0.2, 0) is 14.8 Å². The number of hydrazone groups is 1. The maximum Gasteiger partial charge on any atom is 0.269 e. The molecule has 3 aromatic rings. The molecule has 1 amide bonds. The fourth-order valence-corrected chi connectivity index (χ4v) is 4.32. The van der Waals surface area contributed by atoms with Gasteiger partial charge >= 0.3 is 0 Å². The van der Waals surface area contributed by atoms with Crippen molar-refractivity contribution in [2.75, 3.05) is 10.8 Å². The Balaban J connectivity index is 1.86. The number of nitro benzene ring substituents is 1. The van der Waals surface area contributed by atoms with E-state index in [2.05, 4.69) is 10.5 Å². The lowest BCUT2D eigenvalue weighted by Gasteiger charge is -2.23. The van der Waals surface area contributed by atoms with Gasteiger partial charge in [-0.3, -0.25) is 19.2 Å². The Morgan fingerprint density at radius 2 is 1.66 bits per heavy atom. The number of anilines is 1. The molecule has 0 saturated heterocycles. The van der Waals surface area contributed by atoms with Gasteiger partial charge in [0.25, 0.3) is 21.6 Å². The quantitative estimate of drug-likeness (QED) is 0.305. The number of nitrogens with zero attached hydrogens (tertiary/aromatic N) is 3. The number of carbonyl (C=O) groups excluding carboxylic acids is 1. The standard InChI is InChI=1S/C21H17ClN4O5S/c22-20-9-5-4-6-16(20)14-23-24-21(27)15-25(17-10-12-18(13-11-17)26(28)29)32(30,31)19-7-2-1-3-8-19/h1-14H,15H2,(H,24,27)/b23-14-. The minimum atomic E-state index is -4.14. The second kappa shape index (κ2) is 10.0. The molecular formula is C21H17ClN4O5S. The van der Waals surface area contributed by atoms with Gasteiger partial charge < -0.3 is 0 Å². The number of amides is 1. The van der Waals surface area contributed by atoms with Gasteiger partial charge in [0.05, 0.1) is 21.7 Å². The van der Waals surface area contributed by atoms with E-state index in [0.717, 1.165) is 16.4 Å². The number of non-ortho nitro benzene ring substituents is 1. The number of halogens is 1. The summed E-state index contributed by atoms with van der Waals surface area (Å²) in [5, 5.41) is 15.2. The van der Waals surface area contributed by atoms with Crippen LogP contribution in [0.3, 0.4) is 0 Å². The van der Waals surface area contributed by atoms with Crippen LogP contribution >= 0.6 is 11.6 Å². The van der Waals surface area contributed by atoms with Crippen LogP contribution < -0.4 is 9.73 Å². The van der Waals surface area contributed by atoms with Gasteiger partial charge in [-0.05, 0) is 30.3 Å². The Hall–Kier alpha value is -3.76. The molecule has 11 heteroatoms. The summed E-state index contributed by atoms with van der Waals surface area (Å²) in [7, 11) is -4.14. The first kappa shape index (κ1) is 22.9. The SMILES string of the molecule is O=C(CN(c1ccc([N+](=O)[O-])cc1)S(=O)(=O)c1ccccc1)N/N=C\c1ccccc1Cl. The topological polar surface area (TPSA) is 122 Å². The normalized spacial score (nSPS) is 11.3. The van der Waals surface area contributed by atoms with Crippen LogP contribution in [0.15, 0.2) is 88.9 Å². The van der Waals surface area contributed by atoms with Crippen molar-refractivity contribution in [1.82, 2.24) is 5.43 Å². The van der Waals surface area contributed by atoms with Crippen LogP contribution in [-0.4, -0.2) is 32.0 Å². The summed E-state index contributed by atoms with van der Waals surface area (Å²) in [4.78, 5) is 22.8. The number of nitrogens with one attached hydrogen (secondary N) is 1. The molecule has 0 spiro atoms. The average molecular weight is 473 g/mol. The van der Waals surface area contributed by atoms with Gasteiger partial charge in [0, 0.05) is 22.7 Å². The summed E-state index contributed by atoms with van der Waals surface area (Å²) in [5.41, 5.74) is 2.72. The van der Waals surface area contributed by atoms with Crippen LogP contribution in [0.4, 0.5) is 11.4 Å². The monoisotopic (exact) mass is 472 g/mol. The first-order valence-corrected chi connectivity index (χ1v) is 11.0. The molecule has 0 aliphatic rings. The Morgan fingerprint density at radius 3 is 2.28 bits per heavy atom. The van der Waals surface area contributed by atoms with Gasteiger partial charge in [0.2, 0.25) is 0 Å². The molecule has 0 fully saturated rings. The molecule has 0 radical (unpaired) electrons. The molecule has 3 aromatic carbocycles. The lowest BCUT2D eigenvalue weighted by molar-refractivity contribution is -0.384. The number of carbonyl (C=O) groups is 1. The van der Waals surface area contributed by atoms with E-state index in [1.54, 1.807) is 42.5 Å². The molecule has 0 heterocycles. The maximum absolute atomic E-state index is 13.2. The maximum atomic E-state index is 13.2. The van der Waals surface area contributed by atoms with Crippen molar-refractivity contribution in [2.45, 2.75) is 4.90 Å². The first-order chi connectivity index (χ1) is 15.3. The van der Waals surface area contributed by atoms with E-state index in [1.807, 2.05) is 0 Å². The van der Waals surface area contributed by atoms with E-state index >= 15 is 0 Å². The molecule has 9 nitrogen and oxygen atoms in total. The fourth-order valence-electron chi connectivity index (χ4n) is 2.69. The number of hydrogen-bond donors (Lipinski definition) is 1. The van der Waals surface area contributed by atoms with E-state index in [0.29, 0.717) is 10.6 Å². The summed E-state index contributed by atoms with van der Waals surface area (Å²) in [6, 6.07) is 19.2. The van der Waals surface area contributed by atoms with Crippen molar-refractivity contribution < 1.29 is 18.1 Å². The summed E-state index contributed by atoms with van der Waals surface area (Å²) in [5.74, 6) is -0.717. The van der Waals surface area contributed by atoms with E-state index in [1.165, 1.54) is 30.5 Å². The minimum absolute atomic E-state index is 0.0364. The Morgan fingerprint density at radius 1 is 1.03 bits per heavy atom. The largest absolute Gasteiger partial charge is 0.271 e. The van der Waals surface area contributed by atoms with Crippen LogP contribution in [0, 0.1) is 10.1 Å². The third-order valence-electron chi connectivity index (χ3n) is 4.27. The number of benzene rings is 3. The third kappa shape index (κ3) is 5.48. The molecule has 32 heavy (non-hydrogen) atoms. The lowest BCUT2D eigenvalue weighted by atomic mass is 10.2. The van der Waals surface area contributed by atoms with E-state index in [-0.39, 0.29) is 16.3 Å². The number of rotatable bonds is 8. The van der Waals surface area contributed by atoms with E-state index < -0.39 is 27.4 Å². The van der Waals surface area contributed by atoms with Crippen molar-refractivity contribution in [2.24, 2.45) is 5.10 Å². The number of sulfonamides is 1. The highest BCUT2D eigenvalue weighted by atomic mass is 35.5.